The highest BCUT2D eigenvalue weighted by Crippen LogP contribution is 2.31. The number of aliphatic carboxylic acids is 1. The van der Waals surface area contributed by atoms with E-state index in [0.29, 0.717) is 17.2 Å². The normalized spacial score (nSPS) is 12.6. The molecule has 0 aliphatic heterocycles. The number of carbonyl (C=O) groups is 1. The van der Waals surface area contributed by atoms with Crippen molar-refractivity contribution in [3.63, 3.8) is 0 Å². The summed E-state index contributed by atoms with van der Waals surface area (Å²) in [5.74, 6) is -1.30. The maximum absolute atomic E-state index is 13.0. The Labute approximate surface area is 174 Å². The molecule has 0 radical (unpaired) electrons. The van der Waals surface area contributed by atoms with Gasteiger partial charge in [-0.3, -0.25) is 0 Å². The summed E-state index contributed by atoms with van der Waals surface area (Å²) in [6.45, 7) is 2.98. The van der Waals surface area contributed by atoms with Crippen LogP contribution in [-0.2, 0) is 27.3 Å². The van der Waals surface area contributed by atoms with Gasteiger partial charge in [-0.15, -0.1) is 0 Å². The van der Waals surface area contributed by atoms with Gasteiger partial charge in [0, 0.05) is 11.1 Å². The molecular formula is C19H17ClF3N3O4. The molecule has 160 valence electrons. The molecule has 0 unspecified atom stereocenters. The maximum Gasteiger partial charge on any atom is 0.416 e. The molecule has 0 fully saturated rings. The predicted octanol–water partition coefficient (Wildman–Crippen LogP) is 4.44. The molecular weight excluding hydrogens is 427 g/mol. The Morgan fingerprint density at radius 3 is 2.57 bits per heavy atom. The Morgan fingerprint density at radius 2 is 1.97 bits per heavy atom. The number of benzene rings is 1. The SMILES string of the molecule is CO/N=C(/C(=O)O)c1cccc(C)c1CO/N=C(\C)c1cc(C(F)(F)F)cc(Cl)n1. The minimum atomic E-state index is -4.59. The number of carboxylic acid groups (broad SMARTS) is 1. The minimum absolute atomic E-state index is 0.0575. The van der Waals surface area contributed by atoms with Crippen molar-refractivity contribution in [2.75, 3.05) is 7.11 Å². The van der Waals surface area contributed by atoms with Crippen LogP contribution in [0.5, 0.6) is 0 Å². The van der Waals surface area contributed by atoms with Crippen molar-refractivity contribution in [2.24, 2.45) is 10.3 Å². The summed E-state index contributed by atoms with van der Waals surface area (Å²) < 4.78 is 38.9. The zero-order valence-electron chi connectivity index (χ0n) is 16.1. The number of rotatable bonds is 7. The lowest BCUT2D eigenvalue weighted by atomic mass is 9.99. The van der Waals surface area contributed by atoms with Crippen molar-refractivity contribution in [1.29, 1.82) is 0 Å². The number of carboxylic acids is 1. The predicted molar refractivity (Wildman–Crippen MR) is 104 cm³/mol. The first-order valence-electron chi connectivity index (χ1n) is 8.39. The van der Waals surface area contributed by atoms with Gasteiger partial charge in [0.2, 0.25) is 0 Å². The van der Waals surface area contributed by atoms with Crippen molar-refractivity contribution in [3.8, 4) is 0 Å². The number of nitrogens with zero attached hydrogens (tertiary/aromatic N) is 3. The van der Waals surface area contributed by atoms with E-state index < -0.39 is 17.7 Å². The molecule has 1 aromatic carbocycles. The summed E-state index contributed by atoms with van der Waals surface area (Å²) in [4.78, 5) is 25.2. The Hall–Kier alpha value is -3.14. The molecule has 2 rings (SSSR count). The highest BCUT2D eigenvalue weighted by Gasteiger charge is 2.31. The van der Waals surface area contributed by atoms with E-state index in [1.165, 1.54) is 20.1 Å². The first-order valence-corrected chi connectivity index (χ1v) is 8.77. The zero-order chi connectivity index (χ0) is 22.5. The number of hydrogen-bond acceptors (Lipinski definition) is 6. The molecule has 30 heavy (non-hydrogen) atoms. The lowest BCUT2D eigenvalue weighted by Gasteiger charge is -2.12. The van der Waals surface area contributed by atoms with Gasteiger partial charge in [0.1, 0.15) is 24.6 Å². The molecule has 1 aromatic heterocycles. The molecule has 1 heterocycles. The molecule has 0 spiro atoms. The average molecular weight is 444 g/mol. The summed E-state index contributed by atoms with van der Waals surface area (Å²) >= 11 is 5.68. The van der Waals surface area contributed by atoms with Crippen LogP contribution in [0.3, 0.4) is 0 Å². The van der Waals surface area contributed by atoms with Gasteiger partial charge >= 0.3 is 12.1 Å². The maximum atomic E-state index is 13.0. The number of oxime groups is 2. The Bertz CT molecular complexity index is 1010. The fourth-order valence-corrected chi connectivity index (χ4v) is 2.71. The summed E-state index contributed by atoms with van der Waals surface area (Å²) in [6, 6.07) is 6.43. The Morgan fingerprint density at radius 1 is 1.27 bits per heavy atom. The van der Waals surface area contributed by atoms with E-state index in [9.17, 15) is 23.1 Å². The van der Waals surface area contributed by atoms with Gasteiger partial charge in [0.25, 0.3) is 0 Å². The van der Waals surface area contributed by atoms with E-state index in [4.69, 9.17) is 16.4 Å². The molecule has 0 atom stereocenters. The summed E-state index contributed by atoms with van der Waals surface area (Å²) in [7, 11) is 1.22. The van der Waals surface area contributed by atoms with E-state index in [1.54, 1.807) is 19.1 Å². The third kappa shape index (κ3) is 5.69. The molecule has 0 saturated carbocycles. The molecule has 0 aliphatic carbocycles. The molecule has 7 nitrogen and oxygen atoms in total. The van der Waals surface area contributed by atoms with E-state index >= 15 is 0 Å². The van der Waals surface area contributed by atoms with Crippen LogP contribution in [0.2, 0.25) is 5.15 Å². The van der Waals surface area contributed by atoms with Gasteiger partial charge in [-0.05, 0) is 31.5 Å². The van der Waals surface area contributed by atoms with E-state index in [0.717, 1.165) is 6.07 Å². The van der Waals surface area contributed by atoms with Crippen molar-refractivity contribution < 1.29 is 32.7 Å². The summed E-state index contributed by atoms with van der Waals surface area (Å²) in [5, 5.41) is 16.3. The van der Waals surface area contributed by atoms with Gasteiger partial charge < -0.3 is 14.8 Å². The van der Waals surface area contributed by atoms with Gasteiger partial charge in [0.05, 0.1) is 11.3 Å². The second-order valence-electron chi connectivity index (χ2n) is 6.04. The topological polar surface area (TPSA) is 93.4 Å². The molecule has 0 amide bonds. The summed E-state index contributed by atoms with van der Waals surface area (Å²) in [5.41, 5.74) is 0.0986. The second-order valence-corrected chi connectivity index (χ2v) is 6.43. The molecule has 11 heteroatoms. The first-order chi connectivity index (χ1) is 14.0. The second kappa shape index (κ2) is 9.57. The van der Waals surface area contributed by atoms with Crippen molar-refractivity contribution in [1.82, 2.24) is 4.98 Å². The monoisotopic (exact) mass is 443 g/mol. The average Bonchev–Trinajstić information content (AvgIpc) is 2.66. The largest absolute Gasteiger partial charge is 0.476 e. The van der Waals surface area contributed by atoms with E-state index in [-0.39, 0.29) is 34.4 Å². The van der Waals surface area contributed by atoms with Gasteiger partial charge in [-0.1, -0.05) is 40.1 Å². The van der Waals surface area contributed by atoms with Crippen LogP contribution in [0.25, 0.3) is 0 Å². The van der Waals surface area contributed by atoms with E-state index in [1.807, 2.05) is 0 Å². The van der Waals surface area contributed by atoms with Crippen LogP contribution in [0.15, 0.2) is 40.6 Å². The number of aryl methyl sites for hydroxylation is 1. The number of aromatic nitrogens is 1. The van der Waals surface area contributed by atoms with Crippen molar-refractivity contribution in [2.45, 2.75) is 26.6 Å². The fraction of sp³-hybridized carbons (Fsp3) is 0.263. The number of hydrogen-bond donors (Lipinski definition) is 1. The Kier molecular flexibility index (Phi) is 7.38. The zero-order valence-corrected chi connectivity index (χ0v) is 16.9. The van der Waals surface area contributed by atoms with Crippen LogP contribution in [0, 0.1) is 6.92 Å². The van der Waals surface area contributed by atoms with E-state index in [2.05, 4.69) is 20.1 Å². The van der Waals surface area contributed by atoms with Crippen LogP contribution in [0.1, 0.15) is 34.9 Å². The van der Waals surface area contributed by atoms with Gasteiger partial charge in [-0.25, -0.2) is 9.78 Å². The first kappa shape index (κ1) is 23.1. The van der Waals surface area contributed by atoms with Crippen molar-refractivity contribution in [3.05, 3.63) is 63.4 Å². The van der Waals surface area contributed by atoms with Gasteiger partial charge in [-0.2, -0.15) is 13.2 Å². The number of pyridine rings is 1. The smallest absolute Gasteiger partial charge is 0.416 e. The standard InChI is InChI=1S/C19H17ClF3N3O4/c1-10-5-4-6-13(17(18(27)28)26-29-3)14(10)9-30-25-11(2)15-7-12(19(21,22)23)8-16(20)24-15/h4-8H,9H2,1-3H3,(H,27,28)/b25-11+,26-17+. The fourth-order valence-electron chi connectivity index (χ4n) is 2.50. The molecule has 0 aliphatic rings. The third-order valence-electron chi connectivity index (χ3n) is 3.95. The van der Waals surface area contributed by atoms with Crippen LogP contribution in [0.4, 0.5) is 13.2 Å². The highest BCUT2D eigenvalue weighted by atomic mass is 35.5. The number of alkyl halides is 3. The summed E-state index contributed by atoms with van der Waals surface area (Å²) in [6.07, 6.45) is -4.59. The van der Waals surface area contributed by atoms with Crippen molar-refractivity contribution >= 4 is 29.0 Å². The Balaban J connectivity index is 2.31. The lowest BCUT2D eigenvalue weighted by Crippen LogP contribution is -2.18. The lowest BCUT2D eigenvalue weighted by molar-refractivity contribution is -0.137. The molecule has 0 saturated heterocycles. The van der Waals surface area contributed by atoms with Crippen LogP contribution < -0.4 is 0 Å². The third-order valence-corrected chi connectivity index (χ3v) is 4.15. The minimum Gasteiger partial charge on any atom is -0.476 e. The van der Waals surface area contributed by atoms with Gasteiger partial charge in [0.15, 0.2) is 5.71 Å². The molecule has 2 aromatic rings. The molecule has 1 N–H and O–H groups in total. The molecule has 0 bridgehead atoms. The number of halogens is 4. The highest BCUT2D eigenvalue weighted by molar-refractivity contribution is 6.42. The van der Waals surface area contributed by atoms with Crippen LogP contribution in [-0.4, -0.2) is 34.6 Å². The van der Waals surface area contributed by atoms with Crippen LogP contribution >= 0.6 is 11.6 Å². The quantitative estimate of drug-likeness (QED) is 0.388.